The number of urea groups is 1. The van der Waals surface area contributed by atoms with Crippen molar-refractivity contribution < 1.29 is 43.4 Å². The number of nitrogens with two attached hydrogens (primary N) is 1. The number of para-hydroxylation sites is 1. The van der Waals surface area contributed by atoms with E-state index in [1.165, 1.54) is 12.1 Å². The minimum atomic E-state index is -0.996. The summed E-state index contributed by atoms with van der Waals surface area (Å²) in [7, 11) is 0. The van der Waals surface area contributed by atoms with Crippen molar-refractivity contribution in [2.24, 2.45) is 34.5 Å². The van der Waals surface area contributed by atoms with E-state index in [9.17, 15) is 49.0 Å². The molecule has 0 bridgehead atoms. The molecule has 374 valence electrons. The Labute approximate surface area is 404 Å². The summed E-state index contributed by atoms with van der Waals surface area (Å²) in [6.45, 7) is 5.73. The fourth-order valence-corrected chi connectivity index (χ4v) is 7.92. The standard InChI is InChI=1S/C48H61N11O11/c1-30(2)44(56-46(63)34(10-6-7-23-54-57-50)25-42(60)31(3)24-36-28-53-40-14-5-4-13-39(36)40)43(61)26-35(12-9-21-51-47(49)64)45(62)55-37-18-15-32(16-19-37)29-70-48(65)52-22-8-11-33-17-20-38(58(66)67)27-41(33)59(68)69/h4-5,13-20,27-28,30-31,34-35,44,53H,6-12,21-26,29H2,1-3H3,(H,52,65)(H,55,62)(H,56,63)(H3,49,51,64)/t31-,34+,35+,44-/m0/s1. The summed E-state index contributed by atoms with van der Waals surface area (Å²) in [6.07, 6.45) is 3.56. The Hall–Kier alpha value is -7.87. The van der Waals surface area contributed by atoms with Gasteiger partial charge in [-0.15, -0.1) is 0 Å². The number of nitro groups is 2. The normalized spacial score (nSPS) is 12.7. The number of carbonyl (C=O) groups is 6. The molecule has 1 aromatic heterocycles. The number of unbranched alkanes of at least 4 members (excludes halogenated alkanes) is 1. The first kappa shape index (κ1) is 54.7. The molecule has 4 atom stereocenters. The number of rotatable bonds is 30. The van der Waals surface area contributed by atoms with Crippen LogP contribution in [0, 0.1) is 43.9 Å². The van der Waals surface area contributed by atoms with E-state index in [4.69, 9.17) is 16.0 Å². The summed E-state index contributed by atoms with van der Waals surface area (Å²) in [5.74, 6) is -3.91. The summed E-state index contributed by atoms with van der Waals surface area (Å²) in [5.41, 5.74) is 16.4. The van der Waals surface area contributed by atoms with Crippen molar-refractivity contribution >= 4 is 63.5 Å². The minimum Gasteiger partial charge on any atom is -0.445 e. The van der Waals surface area contributed by atoms with Crippen molar-refractivity contribution in [2.45, 2.75) is 97.6 Å². The molecule has 0 saturated heterocycles. The van der Waals surface area contributed by atoms with Crippen molar-refractivity contribution in [1.29, 1.82) is 0 Å². The Morgan fingerprint density at radius 1 is 0.814 bits per heavy atom. The molecule has 5 amide bonds. The third-order valence-corrected chi connectivity index (χ3v) is 11.8. The summed E-state index contributed by atoms with van der Waals surface area (Å²) < 4.78 is 5.28. The van der Waals surface area contributed by atoms with Gasteiger partial charge in [0.2, 0.25) is 11.8 Å². The predicted molar refractivity (Wildman–Crippen MR) is 260 cm³/mol. The maximum atomic E-state index is 14.1. The number of aromatic nitrogens is 1. The second-order valence-electron chi connectivity index (χ2n) is 17.4. The molecular weight excluding hydrogens is 907 g/mol. The quantitative estimate of drug-likeness (QED) is 0.00728. The molecule has 0 saturated carbocycles. The van der Waals surface area contributed by atoms with Gasteiger partial charge in [0.05, 0.1) is 22.0 Å². The van der Waals surface area contributed by atoms with E-state index in [1.807, 2.05) is 37.4 Å². The number of non-ortho nitro benzene ring substituents is 1. The monoisotopic (exact) mass is 967 g/mol. The Kier molecular flexibility index (Phi) is 21.8. The third kappa shape index (κ3) is 17.7. The molecule has 0 unspecified atom stereocenters. The number of carbonyl (C=O) groups excluding carboxylic acids is 6. The van der Waals surface area contributed by atoms with E-state index in [0.29, 0.717) is 49.8 Å². The van der Waals surface area contributed by atoms with Gasteiger partial charge in [0.25, 0.3) is 11.4 Å². The first-order valence-corrected chi connectivity index (χ1v) is 23.1. The molecular formula is C48H61N11O11. The lowest BCUT2D eigenvalue weighted by Crippen LogP contribution is -2.48. The van der Waals surface area contributed by atoms with E-state index >= 15 is 0 Å². The van der Waals surface area contributed by atoms with Gasteiger partial charge >= 0.3 is 12.1 Å². The van der Waals surface area contributed by atoms with E-state index in [-0.39, 0.29) is 74.9 Å². The third-order valence-electron chi connectivity index (χ3n) is 11.8. The summed E-state index contributed by atoms with van der Waals surface area (Å²) in [4.78, 5) is 106. The topological polar surface area (TPSA) is 337 Å². The summed E-state index contributed by atoms with van der Waals surface area (Å²) in [6, 6.07) is 15.9. The Balaban J connectivity index is 1.35. The number of nitro benzene ring substituents is 2. The van der Waals surface area contributed by atoms with Gasteiger partial charge < -0.3 is 36.7 Å². The molecule has 0 spiro atoms. The Morgan fingerprint density at radius 2 is 1.50 bits per heavy atom. The number of alkyl carbamates (subject to hydrolysis) is 1. The van der Waals surface area contributed by atoms with Gasteiger partial charge in [-0.25, -0.2) is 9.59 Å². The number of Topliss-reactive ketones (excluding diaryl/α,β-unsaturated/α-hetero) is 2. The van der Waals surface area contributed by atoms with Gasteiger partial charge in [-0.2, -0.15) is 0 Å². The average molecular weight is 968 g/mol. The van der Waals surface area contributed by atoms with Crippen molar-refractivity contribution in [3.8, 4) is 0 Å². The fraction of sp³-hybridized carbons (Fsp3) is 0.458. The van der Waals surface area contributed by atoms with Crippen LogP contribution in [0.5, 0.6) is 0 Å². The van der Waals surface area contributed by atoms with Crippen molar-refractivity contribution in [2.75, 3.05) is 25.0 Å². The summed E-state index contributed by atoms with van der Waals surface area (Å²) in [5, 5.41) is 37.8. The molecule has 0 aliphatic heterocycles. The maximum absolute atomic E-state index is 14.1. The van der Waals surface area contributed by atoms with Gasteiger partial charge in [-0.05, 0) is 91.8 Å². The number of aryl methyl sites for hydroxylation is 1. The average Bonchev–Trinajstić information content (AvgIpc) is 3.74. The zero-order chi connectivity index (χ0) is 51.2. The number of nitrogens with zero attached hydrogens (tertiary/aromatic N) is 5. The first-order valence-electron chi connectivity index (χ1n) is 23.1. The first-order chi connectivity index (χ1) is 33.5. The Bertz CT molecular complexity index is 2520. The van der Waals surface area contributed by atoms with Crippen LogP contribution < -0.4 is 27.0 Å². The number of primary amides is 1. The van der Waals surface area contributed by atoms with Crippen LogP contribution in [0.1, 0.15) is 88.8 Å². The smallest absolute Gasteiger partial charge is 0.407 e. The second-order valence-corrected chi connectivity index (χ2v) is 17.4. The molecule has 70 heavy (non-hydrogen) atoms. The highest BCUT2D eigenvalue weighted by molar-refractivity contribution is 5.98. The molecule has 22 heteroatoms. The van der Waals surface area contributed by atoms with Crippen LogP contribution >= 0.6 is 0 Å². The molecule has 3 aromatic carbocycles. The number of nitrogens with one attached hydrogen (secondary N) is 5. The van der Waals surface area contributed by atoms with Crippen molar-refractivity contribution in [3.63, 3.8) is 0 Å². The van der Waals surface area contributed by atoms with Crippen molar-refractivity contribution in [3.05, 3.63) is 120 Å². The van der Waals surface area contributed by atoms with Crippen LogP contribution in [-0.2, 0) is 43.4 Å². The zero-order valence-electron chi connectivity index (χ0n) is 39.5. The van der Waals surface area contributed by atoms with Gasteiger partial charge in [-0.3, -0.25) is 39.4 Å². The molecule has 4 aromatic rings. The number of hydrogen-bond acceptors (Lipinski definition) is 12. The molecule has 4 rings (SSSR count). The highest BCUT2D eigenvalue weighted by Crippen LogP contribution is 2.27. The van der Waals surface area contributed by atoms with Crippen LogP contribution in [0.3, 0.4) is 0 Å². The van der Waals surface area contributed by atoms with E-state index in [0.717, 1.165) is 22.5 Å². The van der Waals surface area contributed by atoms with Crippen LogP contribution in [0.25, 0.3) is 21.3 Å². The van der Waals surface area contributed by atoms with Crippen LogP contribution in [-0.4, -0.2) is 76.0 Å². The number of amides is 5. The van der Waals surface area contributed by atoms with Gasteiger partial charge in [-0.1, -0.05) is 62.6 Å². The lowest BCUT2D eigenvalue weighted by molar-refractivity contribution is -0.394. The van der Waals surface area contributed by atoms with Gasteiger partial charge in [0, 0.05) is 89.6 Å². The number of H-pyrrole nitrogens is 1. The Morgan fingerprint density at radius 3 is 2.19 bits per heavy atom. The number of ether oxygens (including phenoxy) is 1. The highest BCUT2D eigenvalue weighted by atomic mass is 16.6. The molecule has 0 fully saturated rings. The van der Waals surface area contributed by atoms with E-state index < -0.39 is 69.1 Å². The lowest BCUT2D eigenvalue weighted by Gasteiger charge is -2.26. The molecule has 0 aliphatic rings. The van der Waals surface area contributed by atoms with Crippen LogP contribution in [0.15, 0.2) is 78.0 Å². The van der Waals surface area contributed by atoms with Gasteiger partial charge in [0.1, 0.15) is 12.4 Å². The molecule has 0 radical (unpaired) electrons. The highest BCUT2D eigenvalue weighted by Gasteiger charge is 2.33. The maximum Gasteiger partial charge on any atom is 0.407 e. The lowest BCUT2D eigenvalue weighted by atomic mass is 9.86. The SMILES string of the molecule is CC(C)[C@H](NC(=O)[C@H](CCCCN=[N+]=[N-])CC(=O)[C@@H](C)Cc1c[nH]c2ccccc12)C(=O)C[C@@H](CCCNC(N)=O)C(=O)Nc1ccc(COC(=O)NCCCc2ccc([N+](=O)[O-])cc2[N+](=O)[O-])cc1. The van der Waals surface area contributed by atoms with Crippen molar-refractivity contribution in [1.82, 2.24) is 20.9 Å². The summed E-state index contributed by atoms with van der Waals surface area (Å²) >= 11 is 0. The van der Waals surface area contributed by atoms with Crippen LogP contribution in [0.4, 0.5) is 26.7 Å². The number of ketones is 2. The molecule has 22 nitrogen and oxygen atoms in total. The number of aromatic amines is 1. The van der Waals surface area contributed by atoms with E-state index in [2.05, 4.69) is 36.3 Å². The minimum absolute atomic E-state index is 0.0598. The number of hydrogen-bond donors (Lipinski definition) is 6. The fourth-order valence-electron chi connectivity index (χ4n) is 7.92. The van der Waals surface area contributed by atoms with Gasteiger partial charge in [0.15, 0.2) is 5.78 Å². The van der Waals surface area contributed by atoms with E-state index in [1.54, 1.807) is 38.1 Å². The number of benzene rings is 3. The number of fused-ring (bicyclic) bond motifs is 1. The number of anilines is 1. The molecule has 7 N–H and O–H groups in total. The predicted octanol–water partition coefficient (Wildman–Crippen LogP) is 7.88. The molecule has 0 aliphatic carbocycles. The largest absolute Gasteiger partial charge is 0.445 e. The van der Waals surface area contributed by atoms with Crippen LogP contribution in [0.2, 0.25) is 0 Å². The number of azide groups is 1. The second kappa shape index (κ2) is 27.8. The zero-order valence-corrected chi connectivity index (χ0v) is 39.5. The molecule has 1 heterocycles.